The molecule has 0 aliphatic heterocycles. The van der Waals surface area contributed by atoms with Gasteiger partial charge in [0.2, 0.25) is 5.14 Å². The highest BCUT2D eigenvalue weighted by atomic mass is 127. The molecule has 1 fully saturated rings. The van der Waals surface area contributed by atoms with Gasteiger partial charge in [-0.1, -0.05) is 66.6 Å². The molecular weight excluding hydrogens is 392 g/mol. The van der Waals surface area contributed by atoms with Gasteiger partial charge in [0.15, 0.2) is 0 Å². The molecule has 1 radical (unpaired) electrons. The van der Waals surface area contributed by atoms with Crippen molar-refractivity contribution in [3.8, 4) is 0 Å². The highest BCUT2D eigenvalue weighted by molar-refractivity contribution is 14.1. The summed E-state index contributed by atoms with van der Waals surface area (Å²) in [5.41, 5.74) is 0.407. The lowest BCUT2D eigenvalue weighted by atomic mass is 9.52. The van der Waals surface area contributed by atoms with E-state index in [2.05, 4.69) is 74.4 Å². The smallest absolute Gasteiger partial charge is 0.204 e. The van der Waals surface area contributed by atoms with Crippen LogP contribution in [0.25, 0.3) is 0 Å². The summed E-state index contributed by atoms with van der Waals surface area (Å²) >= 11 is 2.54. The van der Waals surface area contributed by atoms with Gasteiger partial charge in [0.1, 0.15) is 0 Å². The van der Waals surface area contributed by atoms with Gasteiger partial charge in [-0.05, 0) is 54.9 Å². The average Bonchev–Trinajstić information content (AvgIpc) is 2.51. The number of halogens is 1. The molecule has 1 saturated carbocycles. The number of hydrogen-bond acceptors (Lipinski definition) is 1. The molecule has 0 heterocycles. The molecule has 1 nitrogen and oxygen atoms in total. The number of unbranched alkanes of at least 4 members (excludes halogenated alkanes) is 1. The van der Waals surface area contributed by atoms with Gasteiger partial charge in [0.05, 0.1) is 0 Å². The summed E-state index contributed by atoms with van der Waals surface area (Å²) in [6.07, 6.45) is 8.11. The highest BCUT2D eigenvalue weighted by Gasteiger charge is 2.42. The molecule has 0 saturated heterocycles. The van der Waals surface area contributed by atoms with E-state index in [0.29, 0.717) is 5.41 Å². The maximum atomic E-state index is 3.69. The average molecular weight is 432 g/mol. The Morgan fingerprint density at radius 3 is 2.39 bits per heavy atom. The molecule has 1 rings (SSSR count). The van der Waals surface area contributed by atoms with Crippen LogP contribution in [-0.4, -0.2) is 18.2 Å². The van der Waals surface area contributed by atoms with Gasteiger partial charge in [-0.3, -0.25) is 0 Å². The molecule has 1 N–H and O–H groups in total. The molecule has 0 amide bonds. The van der Waals surface area contributed by atoms with Crippen LogP contribution in [0.5, 0.6) is 0 Å². The Morgan fingerprint density at radius 1 is 1.22 bits per heavy atom. The summed E-state index contributed by atoms with van der Waals surface area (Å²) in [5.74, 6) is 4.46. The van der Waals surface area contributed by atoms with Crippen LogP contribution in [0.4, 0.5) is 0 Å². The zero-order chi connectivity index (χ0) is 17.5. The van der Waals surface area contributed by atoms with Gasteiger partial charge in [-0.15, -0.1) is 0 Å². The quantitative estimate of drug-likeness (QED) is 0.216. The molecule has 0 aromatic carbocycles. The Labute approximate surface area is 160 Å². The van der Waals surface area contributed by atoms with E-state index in [1.807, 2.05) is 0 Å². The zero-order valence-corrected chi connectivity index (χ0v) is 18.7. The Balaban J connectivity index is 2.60. The molecule has 1 aliphatic carbocycles. The first-order chi connectivity index (χ1) is 10.9. The number of nitrogens with one attached hydrogen (secondary N) is 1. The molecule has 135 valence electrons. The third-order valence-electron chi connectivity index (χ3n) is 6.19. The van der Waals surface area contributed by atoms with Crippen LogP contribution < -0.4 is 5.32 Å². The fourth-order valence-electron chi connectivity index (χ4n) is 4.45. The highest BCUT2D eigenvalue weighted by Crippen LogP contribution is 2.52. The fourth-order valence-corrected chi connectivity index (χ4v) is 5.57. The van der Waals surface area contributed by atoms with Crippen molar-refractivity contribution in [2.75, 3.05) is 13.1 Å². The summed E-state index contributed by atoms with van der Waals surface area (Å²) in [6.45, 7) is 16.8. The lowest BCUT2D eigenvalue weighted by molar-refractivity contribution is 0.0680. The van der Waals surface area contributed by atoms with E-state index in [-0.39, 0.29) is 0 Å². The minimum atomic E-state index is 0.407. The molecule has 0 bridgehead atoms. The molecular formula is C20H40BIN. The molecule has 1 aliphatic rings. The van der Waals surface area contributed by atoms with Crippen molar-refractivity contribution >= 4 is 27.5 Å². The van der Waals surface area contributed by atoms with Crippen molar-refractivity contribution in [2.24, 2.45) is 29.1 Å². The van der Waals surface area contributed by atoms with E-state index >= 15 is 0 Å². The summed E-state index contributed by atoms with van der Waals surface area (Å²) in [6, 6.07) is 0. The maximum Gasteiger partial charge on any atom is 0.204 e. The second-order valence-electron chi connectivity index (χ2n) is 8.89. The Bertz CT molecular complexity index is 321. The van der Waals surface area contributed by atoms with Crippen LogP contribution in [0.3, 0.4) is 0 Å². The van der Waals surface area contributed by atoms with Gasteiger partial charge in [-0.2, -0.15) is 22.4 Å². The van der Waals surface area contributed by atoms with Crippen LogP contribution in [0, 0.1) is 29.1 Å². The van der Waals surface area contributed by atoms with Crippen LogP contribution >= 0.6 is 22.4 Å². The SMILES string of the molecule is CCCCNCC(C)(C)CC(CCC)C([B]I)C1CC(C)C1C. The van der Waals surface area contributed by atoms with E-state index in [0.717, 1.165) is 36.0 Å². The molecule has 5 unspecified atom stereocenters. The molecule has 0 spiro atoms. The molecule has 5 atom stereocenters. The Kier molecular flexibility index (Phi) is 10.1. The summed E-state index contributed by atoms with van der Waals surface area (Å²) < 4.78 is 0. The molecule has 0 aromatic rings. The van der Waals surface area contributed by atoms with Crippen LogP contribution in [0.1, 0.15) is 80.1 Å². The van der Waals surface area contributed by atoms with Crippen LogP contribution in [-0.2, 0) is 0 Å². The van der Waals surface area contributed by atoms with E-state index in [9.17, 15) is 0 Å². The van der Waals surface area contributed by atoms with Crippen molar-refractivity contribution in [3.05, 3.63) is 0 Å². The van der Waals surface area contributed by atoms with Crippen molar-refractivity contribution in [3.63, 3.8) is 0 Å². The summed E-state index contributed by atoms with van der Waals surface area (Å²) in [7, 11) is 0. The van der Waals surface area contributed by atoms with Gasteiger partial charge in [0.25, 0.3) is 0 Å². The normalized spacial score (nSPS) is 27.3. The first-order valence-electron chi connectivity index (χ1n) is 10.0. The van der Waals surface area contributed by atoms with E-state index in [1.54, 1.807) is 0 Å². The molecule has 23 heavy (non-hydrogen) atoms. The minimum absolute atomic E-state index is 0.407. The van der Waals surface area contributed by atoms with Crippen molar-refractivity contribution in [1.29, 1.82) is 0 Å². The van der Waals surface area contributed by atoms with E-state index < -0.39 is 0 Å². The fraction of sp³-hybridized carbons (Fsp3) is 1.00. The lowest BCUT2D eigenvalue weighted by Crippen LogP contribution is -2.41. The lowest BCUT2D eigenvalue weighted by Gasteiger charge is -2.49. The van der Waals surface area contributed by atoms with Gasteiger partial charge in [-0.25, -0.2) is 0 Å². The van der Waals surface area contributed by atoms with Crippen LogP contribution in [0.2, 0.25) is 5.82 Å². The second kappa shape index (κ2) is 10.7. The third kappa shape index (κ3) is 6.88. The first-order valence-corrected chi connectivity index (χ1v) is 11.2. The van der Waals surface area contributed by atoms with Crippen LogP contribution in [0.15, 0.2) is 0 Å². The minimum Gasteiger partial charge on any atom is -0.316 e. The summed E-state index contributed by atoms with van der Waals surface area (Å²) in [5, 5.41) is 6.21. The Hall–Kier alpha value is 0.755. The number of rotatable bonds is 12. The monoisotopic (exact) mass is 432 g/mol. The predicted octanol–water partition coefficient (Wildman–Crippen LogP) is 6.34. The number of hydrogen-bond donors (Lipinski definition) is 1. The molecule has 3 heteroatoms. The topological polar surface area (TPSA) is 12.0 Å². The first kappa shape index (κ1) is 21.8. The standard InChI is InChI=1S/C20H40BIN/c1-7-9-11-23-14-20(5,6)13-17(10-8-2)19(21-22)18-12-15(3)16(18)4/h15-19,23H,7-14H2,1-6H3. The third-order valence-corrected chi connectivity index (χ3v) is 7.02. The summed E-state index contributed by atoms with van der Waals surface area (Å²) in [4.78, 5) is 0. The van der Waals surface area contributed by atoms with Gasteiger partial charge < -0.3 is 5.32 Å². The second-order valence-corrected chi connectivity index (χ2v) is 9.61. The largest absolute Gasteiger partial charge is 0.316 e. The van der Waals surface area contributed by atoms with E-state index in [4.69, 9.17) is 0 Å². The van der Waals surface area contributed by atoms with Crippen molar-refractivity contribution in [1.82, 2.24) is 5.32 Å². The van der Waals surface area contributed by atoms with Gasteiger partial charge >= 0.3 is 0 Å². The Morgan fingerprint density at radius 2 is 1.91 bits per heavy atom. The van der Waals surface area contributed by atoms with Crippen molar-refractivity contribution < 1.29 is 0 Å². The predicted molar refractivity (Wildman–Crippen MR) is 115 cm³/mol. The van der Waals surface area contributed by atoms with E-state index in [1.165, 1.54) is 45.1 Å². The van der Waals surface area contributed by atoms with Gasteiger partial charge in [0, 0.05) is 6.54 Å². The zero-order valence-electron chi connectivity index (χ0n) is 16.5. The van der Waals surface area contributed by atoms with Crippen molar-refractivity contribution in [2.45, 2.75) is 85.9 Å². The molecule has 0 aromatic heterocycles. The maximum absolute atomic E-state index is 3.69.